The van der Waals surface area contributed by atoms with Gasteiger partial charge in [-0.15, -0.1) is 0 Å². The van der Waals surface area contributed by atoms with Gasteiger partial charge in [-0.2, -0.15) is 5.10 Å². The van der Waals surface area contributed by atoms with E-state index in [-0.39, 0.29) is 22.8 Å². The summed E-state index contributed by atoms with van der Waals surface area (Å²) in [6.07, 6.45) is 6.03. The first-order chi connectivity index (χ1) is 12.6. The van der Waals surface area contributed by atoms with Gasteiger partial charge in [-0.3, -0.25) is 9.89 Å². The fourth-order valence-electron chi connectivity index (χ4n) is 3.83. The topological polar surface area (TPSA) is 83.6 Å². The minimum atomic E-state index is -0.133. The Labute approximate surface area is 160 Å². The highest BCUT2D eigenvalue weighted by atomic mass is 16.2. The fourth-order valence-corrected chi connectivity index (χ4v) is 3.83. The number of nitrogens with one attached hydrogen (secondary N) is 2. The molecule has 1 atom stereocenters. The van der Waals surface area contributed by atoms with Gasteiger partial charge in [0.15, 0.2) is 0 Å². The van der Waals surface area contributed by atoms with Crippen LogP contribution in [0.4, 0.5) is 0 Å². The molecule has 1 amide bonds. The second kappa shape index (κ2) is 6.14. The molecule has 27 heavy (non-hydrogen) atoms. The number of amides is 1. The zero-order valence-corrected chi connectivity index (χ0v) is 16.9. The van der Waals surface area contributed by atoms with E-state index in [4.69, 9.17) is 4.98 Å². The minimum Gasteiger partial charge on any atom is -0.344 e. The Balaban J connectivity index is 1.59. The van der Waals surface area contributed by atoms with Crippen molar-refractivity contribution in [2.45, 2.75) is 77.7 Å². The SMILES string of the molecule is CC1(C)Cc2nc(C(C)(C)C)ncc2[C@H](NC(=O)c2cc(C3CC3)[nH]n2)C1. The number of H-pyrrole nitrogens is 1. The Morgan fingerprint density at radius 3 is 2.70 bits per heavy atom. The first kappa shape index (κ1) is 18.1. The maximum Gasteiger partial charge on any atom is 0.272 e. The zero-order valence-electron chi connectivity index (χ0n) is 16.9. The molecule has 0 bridgehead atoms. The van der Waals surface area contributed by atoms with Gasteiger partial charge in [0.05, 0.1) is 6.04 Å². The molecule has 0 spiro atoms. The van der Waals surface area contributed by atoms with Crippen LogP contribution in [-0.2, 0) is 11.8 Å². The van der Waals surface area contributed by atoms with E-state index in [1.165, 1.54) is 12.8 Å². The predicted octanol–water partition coefficient (Wildman–Crippen LogP) is 3.82. The van der Waals surface area contributed by atoms with Crippen LogP contribution < -0.4 is 5.32 Å². The first-order valence-electron chi connectivity index (χ1n) is 9.85. The molecule has 0 aliphatic heterocycles. The average Bonchev–Trinajstić information content (AvgIpc) is 3.29. The third kappa shape index (κ3) is 3.75. The third-order valence-electron chi connectivity index (χ3n) is 5.50. The molecule has 0 unspecified atom stereocenters. The molecule has 4 rings (SSSR count). The molecular formula is C21H29N5O. The van der Waals surface area contributed by atoms with E-state index in [1.807, 2.05) is 12.3 Å². The van der Waals surface area contributed by atoms with E-state index >= 15 is 0 Å². The maximum absolute atomic E-state index is 12.8. The Hall–Kier alpha value is -2.24. The molecule has 6 heteroatoms. The van der Waals surface area contributed by atoms with Crippen LogP contribution in [0.1, 0.15) is 99.1 Å². The second-order valence-corrected chi connectivity index (χ2v) is 9.90. The van der Waals surface area contributed by atoms with Crippen LogP contribution in [0.2, 0.25) is 0 Å². The molecule has 1 saturated carbocycles. The van der Waals surface area contributed by atoms with Crippen molar-refractivity contribution in [2.75, 3.05) is 0 Å². The van der Waals surface area contributed by atoms with Crippen molar-refractivity contribution < 1.29 is 4.79 Å². The number of hydrogen-bond acceptors (Lipinski definition) is 4. The summed E-state index contributed by atoms with van der Waals surface area (Å²) in [7, 11) is 0. The lowest BCUT2D eigenvalue weighted by atomic mass is 9.74. The molecule has 6 nitrogen and oxygen atoms in total. The fraction of sp³-hybridized carbons (Fsp3) is 0.619. The molecule has 0 aromatic carbocycles. The summed E-state index contributed by atoms with van der Waals surface area (Å²) in [6, 6.07) is 1.80. The van der Waals surface area contributed by atoms with Gasteiger partial charge < -0.3 is 5.32 Å². The number of nitrogens with zero attached hydrogens (tertiary/aromatic N) is 3. The van der Waals surface area contributed by atoms with Crippen LogP contribution in [0.5, 0.6) is 0 Å². The van der Waals surface area contributed by atoms with Gasteiger partial charge in [0.25, 0.3) is 5.91 Å². The average molecular weight is 367 g/mol. The van der Waals surface area contributed by atoms with Crippen LogP contribution in [0.3, 0.4) is 0 Å². The molecule has 2 aromatic heterocycles. The van der Waals surface area contributed by atoms with Crippen LogP contribution in [0.25, 0.3) is 0 Å². The number of fused-ring (bicyclic) bond motifs is 1. The van der Waals surface area contributed by atoms with Crippen molar-refractivity contribution >= 4 is 5.91 Å². The summed E-state index contributed by atoms with van der Waals surface area (Å²) >= 11 is 0. The van der Waals surface area contributed by atoms with Gasteiger partial charge >= 0.3 is 0 Å². The summed E-state index contributed by atoms with van der Waals surface area (Å²) in [5, 5.41) is 10.4. The van der Waals surface area contributed by atoms with E-state index in [0.717, 1.165) is 35.6 Å². The third-order valence-corrected chi connectivity index (χ3v) is 5.50. The van der Waals surface area contributed by atoms with Gasteiger partial charge in [0, 0.05) is 34.5 Å². The van der Waals surface area contributed by atoms with Crippen molar-refractivity contribution in [3.63, 3.8) is 0 Å². The van der Waals surface area contributed by atoms with E-state index in [1.54, 1.807) is 0 Å². The van der Waals surface area contributed by atoms with E-state index < -0.39 is 0 Å². The number of hydrogen-bond donors (Lipinski definition) is 2. The number of aromatic amines is 1. The molecule has 2 aliphatic carbocycles. The van der Waals surface area contributed by atoms with Crippen molar-refractivity contribution in [3.05, 3.63) is 40.7 Å². The van der Waals surface area contributed by atoms with Gasteiger partial charge in [-0.1, -0.05) is 34.6 Å². The number of aromatic nitrogens is 4. The first-order valence-corrected chi connectivity index (χ1v) is 9.85. The summed E-state index contributed by atoms with van der Waals surface area (Å²) in [4.78, 5) is 22.2. The molecule has 2 aliphatic rings. The lowest BCUT2D eigenvalue weighted by molar-refractivity contribution is 0.0913. The van der Waals surface area contributed by atoms with Gasteiger partial charge in [0.2, 0.25) is 0 Å². The van der Waals surface area contributed by atoms with E-state index in [2.05, 4.69) is 55.1 Å². The van der Waals surface area contributed by atoms with Crippen LogP contribution >= 0.6 is 0 Å². The highest BCUT2D eigenvalue weighted by Crippen LogP contribution is 2.41. The van der Waals surface area contributed by atoms with E-state index in [9.17, 15) is 4.79 Å². The van der Waals surface area contributed by atoms with E-state index in [0.29, 0.717) is 11.6 Å². The quantitative estimate of drug-likeness (QED) is 0.864. The molecule has 1 fully saturated rings. The molecule has 0 saturated heterocycles. The molecule has 0 radical (unpaired) electrons. The molecule has 2 aromatic rings. The Kier molecular flexibility index (Phi) is 4.13. The number of carbonyl (C=O) groups excluding carboxylic acids is 1. The van der Waals surface area contributed by atoms with Crippen molar-refractivity contribution in [1.82, 2.24) is 25.5 Å². The highest BCUT2D eigenvalue weighted by Gasteiger charge is 2.36. The lowest BCUT2D eigenvalue weighted by Gasteiger charge is -2.37. The van der Waals surface area contributed by atoms with Crippen molar-refractivity contribution in [1.29, 1.82) is 0 Å². The standard InChI is InChI=1S/C21H29N5O/c1-20(2,3)19-22-11-13-16(9-21(4,5)10-17(13)24-19)23-18(27)15-8-14(25-26-15)12-6-7-12/h8,11-12,16H,6-7,9-10H2,1-5H3,(H,23,27)(H,25,26)/t16-/m1/s1. The normalized spacial score (nSPS) is 21.6. The van der Waals surface area contributed by atoms with Crippen LogP contribution in [0.15, 0.2) is 12.3 Å². The second-order valence-electron chi connectivity index (χ2n) is 9.90. The van der Waals surface area contributed by atoms with Gasteiger partial charge in [-0.05, 0) is 37.2 Å². The number of rotatable bonds is 3. The summed E-state index contributed by atoms with van der Waals surface area (Å²) in [5.74, 6) is 1.27. The Bertz CT molecular complexity index is 873. The smallest absolute Gasteiger partial charge is 0.272 e. The van der Waals surface area contributed by atoms with Crippen LogP contribution in [0, 0.1) is 5.41 Å². The van der Waals surface area contributed by atoms with Gasteiger partial charge in [0.1, 0.15) is 11.5 Å². The van der Waals surface area contributed by atoms with Crippen molar-refractivity contribution in [2.24, 2.45) is 5.41 Å². The van der Waals surface area contributed by atoms with Crippen molar-refractivity contribution in [3.8, 4) is 0 Å². The Morgan fingerprint density at radius 1 is 1.30 bits per heavy atom. The monoisotopic (exact) mass is 367 g/mol. The van der Waals surface area contributed by atoms with Gasteiger partial charge in [-0.25, -0.2) is 9.97 Å². The maximum atomic E-state index is 12.8. The zero-order chi connectivity index (χ0) is 19.4. The molecular weight excluding hydrogens is 338 g/mol. The summed E-state index contributed by atoms with van der Waals surface area (Å²) in [6.45, 7) is 10.8. The summed E-state index contributed by atoms with van der Waals surface area (Å²) < 4.78 is 0. The largest absolute Gasteiger partial charge is 0.344 e. The summed E-state index contributed by atoms with van der Waals surface area (Å²) in [5.41, 5.74) is 3.60. The minimum absolute atomic E-state index is 0.0687. The number of carbonyl (C=O) groups is 1. The van der Waals surface area contributed by atoms with Crippen LogP contribution in [-0.4, -0.2) is 26.1 Å². The molecule has 2 heterocycles. The highest BCUT2D eigenvalue weighted by molar-refractivity contribution is 5.92. The predicted molar refractivity (Wildman–Crippen MR) is 104 cm³/mol. The Morgan fingerprint density at radius 2 is 2.04 bits per heavy atom. The lowest BCUT2D eigenvalue weighted by Crippen LogP contribution is -2.37. The molecule has 144 valence electrons. The molecule has 2 N–H and O–H groups in total.